The molecule has 220 valence electrons. The molecule has 0 fully saturated rings. The second-order valence-electron chi connectivity index (χ2n) is 7.97. The Labute approximate surface area is 244 Å². The molecular formula is C23H10Br2ClF10N3O2. The zero-order chi connectivity index (χ0) is 31.1. The lowest BCUT2D eigenvalue weighted by molar-refractivity contribution is -0.389. The first kappa shape index (κ1) is 32.6. The Hall–Kier alpha value is -2.92. The summed E-state index contributed by atoms with van der Waals surface area (Å²) in [5, 5.41) is 2.26. The maximum absolute atomic E-state index is 15.1. The van der Waals surface area contributed by atoms with Crippen LogP contribution in [-0.2, 0) is 5.67 Å². The van der Waals surface area contributed by atoms with E-state index in [0.29, 0.717) is 9.99 Å². The molecule has 3 aromatic rings. The Morgan fingerprint density at radius 3 is 2.05 bits per heavy atom. The van der Waals surface area contributed by atoms with Crippen LogP contribution in [0.15, 0.2) is 59.2 Å². The summed E-state index contributed by atoms with van der Waals surface area (Å²) in [7, 11) is 0. The summed E-state index contributed by atoms with van der Waals surface area (Å²) in [5.74, 6) is -10.3. The number of aromatic nitrogens is 1. The molecule has 0 aliphatic carbocycles. The number of carbonyl (C=O) groups excluding carboxylic acids is 2. The smallest absolute Gasteiger partial charge is 0.319 e. The number of pyridine rings is 1. The number of amides is 2. The van der Waals surface area contributed by atoms with Crippen molar-refractivity contribution in [3.05, 3.63) is 86.9 Å². The largest absolute Gasteiger partial charge is 0.457 e. The number of carbonyl (C=O) groups is 2. The van der Waals surface area contributed by atoms with Crippen LogP contribution in [0.1, 0.15) is 26.3 Å². The average Bonchev–Trinajstić information content (AvgIpc) is 2.87. The first-order valence-corrected chi connectivity index (χ1v) is 12.3. The first-order chi connectivity index (χ1) is 18.7. The van der Waals surface area contributed by atoms with Crippen LogP contribution in [0.4, 0.5) is 55.3 Å². The lowest BCUT2D eigenvalue weighted by atomic mass is 9.87. The molecule has 0 saturated heterocycles. The number of nitrogens with one attached hydrogen (secondary N) is 1. The van der Waals surface area contributed by atoms with Gasteiger partial charge in [-0.2, -0.15) is 35.1 Å². The van der Waals surface area contributed by atoms with Crippen LogP contribution in [0.25, 0.3) is 0 Å². The van der Waals surface area contributed by atoms with E-state index in [2.05, 4.69) is 42.4 Å². The topological polar surface area (TPSA) is 62.3 Å². The summed E-state index contributed by atoms with van der Waals surface area (Å²) in [5.41, 5.74) is -10.1. The number of anilines is 2. The Balaban J connectivity index is 1.96. The van der Waals surface area contributed by atoms with Gasteiger partial charge in [0.25, 0.3) is 11.8 Å². The highest BCUT2D eigenvalue weighted by Gasteiger charge is 2.81. The second-order valence-corrected chi connectivity index (χ2v) is 9.92. The summed E-state index contributed by atoms with van der Waals surface area (Å²) in [6.07, 6.45) is -12.6. The van der Waals surface area contributed by atoms with Gasteiger partial charge < -0.3 is 5.32 Å². The Morgan fingerprint density at radius 1 is 0.902 bits per heavy atom. The van der Waals surface area contributed by atoms with Gasteiger partial charge in [0.05, 0.1) is 38.6 Å². The first-order valence-electron chi connectivity index (χ1n) is 10.5. The highest BCUT2D eigenvalue weighted by molar-refractivity contribution is 9.11. The number of halogens is 13. The molecule has 2 aromatic carbocycles. The van der Waals surface area contributed by atoms with Gasteiger partial charge >= 0.3 is 23.9 Å². The van der Waals surface area contributed by atoms with Gasteiger partial charge in [-0.05, 0) is 52.3 Å². The van der Waals surface area contributed by atoms with Crippen molar-refractivity contribution < 1.29 is 53.5 Å². The van der Waals surface area contributed by atoms with E-state index >= 15 is 4.39 Å². The standard InChI is InChI=1S/C23H10Br2ClF10N3O2/c24-13-8-11(20(28,22(31,32)33)21(29,30)23(34,35)36)5-6-15(13)39(25)19(41)12-2-1-3-14(17(12)27)38-18(40)10-4-7-16(26)37-9-10/h1-9H,(H,38,40). The Morgan fingerprint density at radius 2 is 1.54 bits per heavy atom. The van der Waals surface area contributed by atoms with Crippen LogP contribution in [-0.4, -0.2) is 35.1 Å². The van der Waals surface area contributed by atoms with E-state index in [1.54, 1.807) is 0 Å². The average molecular weight is 746 g/mol. The molecule has 2 amide bonds. The molecule has 5 nitrogen and oxygen atoms in total. The van der Waals surface area contributed by atoms with Crippen molar-refractivity contribution >= 4 is 66.9 Å². The molecule has 0 saturated carbocycles. The predicted molar refractivity (Wildman–Crippen MR) is 133 cm³/mol. The van der Waals surface area contributed by atoms with Crippen LogP contribution >= 0.6 is 43.7 Å². The van der Waals surface area contributed by atoms with Crippen molar-refractivity contribution in [3.8, 4) is 0 Å². The Bertz CT molecular complexity index is 1490. The van der Waals surface area contributed by atoms with Crippen LogP contribution in [0.5, 0.6) is 0 Å². The van der Waals surface area contributed by atoms with Crippen LogP contribution in [0, 0.1) is 5.82 Å². The van der Waals surface area contributed by atoms with Gasteiger partial charge in [-0.15, -0.1) is 0 Å². The van der Waals surface area contributed by atoms with Crippen LogP contribution < -0.4 is 9.24 Å². The lowest BCUT2D eigenvalue weighted by Crippen LogP contribution is -2.59. The third-order valence-electron chi connectivity index (χ3n) is 5.38. The van der Waals surface area contributed by atoms with Crippen molar-refractivity contribution in [3.63, 3.8) is 0 Å². The quantitative estimate of drug-likeness (QED) is 0.156. The fourth-order valence-electron chi connectivity index (χ4n) is 3.31. The fraction of sp³-hybridized carbons (Fsp3) is 0.174. The molecule has 0 bridgehead atoms. The molecule has 1 unspecified atom stereocenters. The molecular weight excluding hydrogens is 736 g/mol. The monoisotopic (exact) mass is 743 g/mol. The van der Waals surface area contributed by atoms with E-state index in [0.717, 1.165) is 24.4 Å². The normalized spacial score (nSPS) is 13.9. The molecule has 0 spiro atoms. The summed E-state index contributed by atoms with van der Waals surface area (Å²) >= 11 is 11.0. The zero-order valence-electron chi connectivity index (χ0n) is 19.3. The highest BCUT2D eigenvalue weighted by atomic mass is 79.9. The molecule has 0 aliphatic heterocycles. The fourth-order valence-corrected chi connectivity index (χ4v) is 4.72. The molecule has 1 atom stereocenters. The van der Waals surface area contributed by atoms with Crippen LogP contribution in [0.3, 0.4) is 0 Å². The van der Waals surface area contributed by atoms with Gasteiger partial charge in [0, 0.05) is 16.2 Å². The molecule has 18 heteroatoms. The Kier molecular flexibility index (Phi) is 9.06. The van der Waals surface area contributed by atoms with Crippen molar-refractivity contribution in [1.29, 1.82) is 0 Å². The molecule has 1 N–H and O–H groups in total. The van der Waals surface area contributed by atoms with Gasteiger partial charge in [-0.1, -0.05) is 23.7 Å². The number of hydrogen-bond acceptors (Lipinski definition) is 3. The number of rotatable bonds is 6. The third kappa shape index (κ3) is 6.02. The summed E-state index contributed by atoms with van der Waals surface area (Å²) in [6.45, 7) is 0. The molecule has 3 rings (SSSR count). The molecule has 1 heterocycles. The molecule has 41 heavy (non-hydrogen) atoms. The van der Waals surface area contributed by atoms with Crippen molar-refractivity contribution in [2.45, 2.75) is 23.9 Å². The number of nitrogens with zero attached hydrogens (tertiary/aromatic N) is 2. The lowest BCUT2D eigenvalue weighted by Gasteiger charge is -2.36. The van der Waals surface area contributed by atoms with Gasteiger partial charge in [0.15, 0.2) is 5.82 Å². The van der Waals surface area contributed by atoms with Crippen molar-refractivity contribution in [2.75, 3.05) is 9.24 Å². The summed E-state index contributed by atoms with van der Waals surface area (Å²) < 4.78 is 136. The predicted octanol–water partition coefficient (Wildman–Crippen LogP) is 8.77. The van der Waals surface area contributed by atoms with Crippen molar-refractivity contribution in [2.24, 2.45) is 0 Å². The minimum atomic E-state index is -6.93. The molecule has 0 aliphatic rings. The number of alkyl halides is 9. The molecule has 0 radical (unpaired) electrons. The number of hydrogen-bond donors (Lipinski definition) is 1. The SMILES string of the molecule is O=C(Nc1cccc(C(=O)N(Br)c2ccc(C(F)(C(F)(F)F)C(F)(F)C(F)(F)F)cc2Br)c1F)c1ccc(Cl)nc1. The van der Waals surface area contributed by atoms with Gasteiger partial charge in [0.1, 0.15) is 5.15 Å². The van der Waals surface area contributed by atoms with E-state index in [1.165, 1.54) is 12.1 Å². The van der Waals surface area contributed by atoms with Crippen LogP contribution in [0.2, 0.25) is 5.15 Å². The van der Waals surface area contributed by atoms with Gasteiger partial charge in [-0.25, -0.2) is 17.7 Å². The van der Waals surface area contributed by atoms with Gasteiger partial charge in [0.2, 0.25) is 0 Å². The zero-order valence-corrected chi connectivity index (χ0v) is 23.2. The number of benzene rings is 2. The summed E-state index contributed by atoms with van der Waals surface area (Å²) in [4.78, 5) is 29.0. The van der Waals surface area contributed by atoms with E-state index < -0.39 is 68.5 Å². The second kappa shape index (κ2) is 11.4. The van der Waals surface area contributed by atoms with Crippen molar-refractivity contribution in [1.82, 2.24) is 4.98 Å². The maximum atomic E-state index is 15.1. The van der Waals surface area contributed by atoms with E-state index in [-0.39, 0.29) is 22.8 Å². The maximum Gasteiger partial charge on any atom is 0.457 e. The summed E-state index contributed by atoms with van der Waals surface area (Å²) in [6, 6.07) is 6.06. The van der Waals surface area contributed by atoms with E-state index in [9.17, 15) is 49.1 Å². The highest BCUT2D eigenvalue weighted by Crippen LogP contribution is 2.58. The van der Waals surface area contributed by atoms with Gasteiger partial charge in [-0.3, -0.25) is 9.59 Å². The van der Waals surface area contributed by atoms with E-state index in [4.69, 9.17) is 11.6 Å². The third-order valence-corrected chi connectivity index (χ3v) is 6.94. The minimum absolute atomic E-state index is 0.0306. The minimum Gasteiger partial charge on any atom is -0.319 e. The molecule has 1 aromatic heterocycles. The van der Waals surface area contributed by atoms with E-state index in [1.807, 2.05) is 0 Å².